The summed E-state index contributed by atoms with van der Waals surface area (Å²) in [5.41, 5.74) is 1.59. The van der Waals surface area contributed by atoms with Crippen molar-refractivity contribution in [2.24, 2.45) is 11.8 Å². The van der Waals surface area contributed by atoms with Crippen LogP contribution in [0.1, 0.15) is 42.6 Å². The first-order valence-electron chi connectivity index (χ1n) is 9.67. The highest BCUT2D eigenvalue weighted by Gasteiger charge is 2.36. The van der Waals surface area contributed by atoms with Gasteiger partial charge >= 0.3 is 0 Å². The molecule has 142 valence electrons. The predicted molar refractivity (Wildman–Crippen MR) is 101 cm³/mol. The summed E-state index contributed by atoms with van der Waals surface area (Å²) in [5.74, 6) is 1.16. The van der Waals surface area contributed by atoms with Crippen LogP contribution in [-0.4, -0.2) is 65.4 Å². The van der Waals surface area contributed by atoms with Gasteiger partial charge < -0.3 is 10.2 Å². The molecule has 2 unspecified atom stereocenters. The average molecular weight is 358 g/mol. The first kappa shape index (κ1) is 18.8. The molecule has 1 aromatic heterocycles. The molecule has 0 spiro atoms. The van der Waals surface area contributed by atoms with Crippen LogP contribution in [0.15, 0.2) is 18.5 Å². The third-order valence-electron chi connectivity index (χ3n) is 5.75. The van der Waals surface area contributed by atoms with E-state index in [-0.39, 0.29) is 17.9 Å². The standard InChI is InChI=1S/C20H30N4O2/c1-14(2)17-12-23(9-10-24-8-4-5-19(24)25)13-18(17)22-20(26)16-11-21-7-6-15(16)3/h6-7,11,14,17-18H,4-5,8-10,12-13H2,1-3H3,(H,22,26). The number of rotatable bonds is 6. The molecule has 2 atom stereocenters. The molecule has 26 heavy (non-hydrogen) atoms. The molecule has 2 aliphatic heterocycles. The van der Waals surface area contributed by atoms with Crippen molar-refractivity contribution in [2.75, 3.05) is 32.7 Å². The van der Waals surface area contributed by atoms with E-state index in [4.69, 9.17) is 0 Å². The Hall–Kier alpha value is -1.95. The van der Waals surface area contributed by atoms with E-state index in [2.05, 4.69) is 29.0 Å². The second kappa shape index (κ2) is 8.16. The maximum Gasteiger partial charge on any atom is 0.253 e. The summed E-state index contributed by atoms with van der Waals surface area (Å²) in [6, 6.07) is 2.00. The van der Waals surface area contributed by atoms with E-state index in [1.807, 2.05) is 17.9 Å². The minimum absolute atomic E-state index is 0.0391. The number of pyridine rings is 1. The monoisotopic (exact) mass is 358 g/mol. The lowest BCUT2D eigenvalue weighted by Gasteiger charge is -2.23. The zero-order valence-electron chi connectivity index (χ0n) is 16.1. The summed E-state index contributed by atoms with van der Waals surface area (Å²) in [6.07, 6.45) is 5.02. The SMILES string of the molecule is Cc1ccncc1C(=O)NC1CN(CCN2CCCC2=O)CC1C(C)C. The van der Waals surface area contributed by atoms with Crippen LogP contribution in [0.25, 0.3) is 0 Å². The molecule has 6 heteroatoms. The molecule has 2 aliphatic rings. The van der Waals surface area contributed by atoms with Crippen LogP contribution >= 0.6 is 0 Å². The Balaban J connectivity index is 1.59. The third-order valence-corrected chi connectivity index (χ3v) is 5.75. The van der Waals surface area contributed by atoms with Crippen molar-refractivity contribution in [3.05, 3.63) is 29.6 Å². The number of hydrogen-bond donors (Lipinski definition) is 1. The topological polar surface area (TPSA) is 65.5 Å². The maximum atomic E-state index is 12.7. The van der Waals surface area contributed by atoms with Crippen molar-refractivity contribution >= 4 is 11.8 Å². The van der Waals surface area contributed by atoms with E-state index in [9.17, 15) is 9.59 Å². The molecule has 0 aliphatic carbocycles. The lowest BCUT2D eigenvalue weighted by atomic mass is 9.91. The van der Waals surface area contributed by atoms with Gasteiger partial charge in [-0.15, -0.1) is 0 Å². The highest BCUT2D eigenvalue weighted by Crippen LogP contribution is 2.25. The van der Waals surface area contributed by atoms with Gasteiger partial charge in [0.2, 0.25) is 5.91 Å². The van der Waals surface area contributed by atoms with Crippen molar-refractivity contribution in [1.82, 2.24) is 20.1 Å². The zero-order valence-corrected chi connectivity index (χ0v) is 16.1. The summed E-state index contributed by atoms with van der Waals surface area (Å²) in [7, 11) is 0. The lowest BCUT2D eigenvalue weighted by Crippen LogP contribution is -2.42. The summed E-state index contributed by atoms with van der Waals surface area (Å²) in [4.78, 5) is 32.9. The van der Waals surface area contributed by atoms with Crippen molar-refractivity contribution in [2.45, 2.75) is 39.7 Å². The summed E-state index contributed by atoms with van der Waals surface area (Å²) in [5, 5.41) is 3.23. The Bertz CT molecular complexity index is 661. The van der Waals surface area contributed by atoms with Crippen molar-refractivity contribution in [3.63, 3.8) is 0 Å². The van der Waals surface area contributed by atoms with Crippen LogP contribution in [-0.2, 0) is 4.79 Å². The number of nitrogens with zero attached hydrogens (tertiary/aromatic N) is 3. The van der Waals surface area contributed by atoms with Crippen LogP contribution in [0.4, 0.5) is 0 Å². The molecule has 1 aromatic rings. The van der Waals surface area contributed by atoms with Gasteiger partial charge in [-0.2, -0.15) is 0 Å². The number of likely N-dealkylation sites (tertiary alicyclic amines) is 2. The molecule has 3 rings (SSSR count). The number of amides is 2. The molecule has 2 saturated heterocycles. The fourth-order valence-corrected chi connectivity index (χ4v) is 4.07. The summed E-state index contributed by atoms with van der Waals surface area (Å²) in [6.45, 7) is 10.7. The van der Waals surface area contributed by atoms with Gasteiger partial charge in [-0.05, 0) is 36.8 Å². The van der Waals surface area contributed by atoms with Crippen LogP contribution < -0.4 is 5.32 Å². The van der Waals surface area contributed by atoms with E-state index in [1.54, 1.807) is 12.4 Å². The van der Waals surface area contributed by atoms with Gasteiger partial charge in [0.25, 0.3) is 5.91 Å². The lowest BCUT2D eigenvalue weighted by molar-refractivity contribution is -0.127. The molecular formula is C20H30N4O2. The molecule has 6 nitrogen and oxygen atoms in total. The van der Waals surface area contributed by atoms with Crippen LogP contribution in [0.2, 0.25) is 0 Å². The Kier molecular flexibility index (Phi) is 5.91. The molecule has 0 saturated carbocycles. The smallest absolute Gasteiger partial charge is 0.253 e. The van der Waals surface area contributed by atoms with Gasteiger partial charge in [0.15, 0.2) is 0 Å². The number of carbonyl (C=O) groups is 2. The number of hydrogen-bond acceptors (Lipinski definition) is 4. The van der Waals surface area contributed by atoms with Crippen molar-refractivity contribution in [1.29, 1.82) is 0 Å². The second-order valence-corrected chi connectivity index (χ2v) is 7.92. The third kappa shape index (κ3) is 4.23. The van der Waals surface area contributed by atoms with Crippen molar-refractivity contribution in [3.8, 4) is 0 Å². The van der Waals surface area contributed by atoms with E-state index >= 15 is 0 Å². The number of nitrogens with one attached hydrogen (secondary N) is 1. The number of carbonyl (C=O) groups excluding carboxylic acids is 2. The number of aryl methyl sites for hydroxylation is 1. The Labute approximate surface area is 156 Å². The molecule has 0 aromatic carbocycles. The molecule has 0 bridgehead atoms. The normalized spacial score (nSPS) is 23.8. The fraction of sp³-hybridized carbons (Fsp3) is 0.650. The predicted octanol–water partition coefficient (Wildman–Crippen LogP) is 1.70. The average Bonchev–Trinajstić information content (AvgIpc) is 3.19. The molecule has 2 amide bonds. The zero-order chi connectivity index (χ0) is 18.7. The van der Waals surface area contributed by atoms with Gasteiger partial charge in [-0.25, -0.2) is 0 Å². The van der Waals surface area contributed by atoms with Crippen LogP contribution in [0.5, 0.6) is 0 Å². The highest BCUT2D eigenvalue weighted by molar-refractivity contribution is 5.95. The molecular weight excluding hydrogens is 328 g/mol. The Morgan fingerprint density at radius 3 is 2.81 bits per heavy atom. The second-order valence-electron chi connectivity index (χ2n) is 7.92. The van der Waals surface area contributed by atoms with Gasteiger partial charge in [0.05, 0.1) is 5.56 Å². The summed E-state index contributed by atoms with van der Waals surface area (Å²) >= 11 is 0. The fourth-order valence-electron chi connectivity index (χ4n) is 4.07. The molecule has 0 radical (unpaired) electrons. The maximum absolute atomic E-state index is 12.7. The first-order chi connectivity index (χ1) is 12.5. The minimum atomic E-state index is -0.0391. The number of aromatic nitrogens is 1. The van der Waals surface area contributed by atoms with E-state index < -0.39 is 0 Å². The molecule has 3 heterocycles. The highest BCUT2D eigenvalue weighted by atomic mass is 16.2. The first-order valence-corrected chi connectivity index (χ1v) is 9.67. The van der Waals surface area contributed by atoms with Gasteiger partial charge in [0.1, 0.15) is 0 Å². The largest absolute Gasteiger partial charge is 0.348 e. The molecule has 1 N–H and O–H groups in total. The molecule has 2 fully saturated rings. The van der Waals surface area contributed by atoms with E-state index in [0.29, 0.717) is 23.8 Å². The van der Waals surface area contributed by atoms with Gasteiger partial charge in [-0.1, -0.05) is 13.8 Å². The van der Waals surface area contributed by atoms with E-state index in [0.717, 1.165) is 44.7 Å². The Morgan fingerprint density at radius 2 is 2.15 bits per heavy atom. The van der Waals surface area contributed by atoms with Crippen molar-refractivity contribution < 1.29 is 9.59 Å². The minimum Gasteiger partial charge on any atom is -0.348 e. The van der Waals surface area contributed by atoms with Crippen LogP contribution in [0.3, 0.4) is 0 Å². The quantitative estimate of drug-likeness (QED) is 0.841. The van der Waals surface area contributed by atoms with Crippen LogP contribution in [0, 0.1) is 18.8 Å². The van der Waals surface area contributed by atoms with E-state index in [1.165, 1.54) is 0 Å². The van der Waals surface area contributed by atoms with Gasteiger partial charge in [-0.3, -0.25) is 19.5 Å². The Morgan fingerprint density at radius 1 is 1.35 bits per heavy atom. The van der Waals surface area contributed by atoms with Gasteiger partial charge in [0, 0.05) is 57.6 Å². The summed E-state index contributed by atoms with van der Waals surface area (Å²) < 4.78 is 0.